The average Bonchev–Trinajstić information content (AvgIpc) is 2.94. The molecule has 1 aliphatic rings. The third-order valence-electron chi connectivity index (χ3n) is 3.18. The Hall–Kier alpha value is -1.85. The monoisotopic (exact) mass is 252 g/mol. The van der Waals surface area contributed by atoms with Crippen LogP contribution in [0.2, 0.25) is 0 Å². The Bertz CT molecular complexity index is 455. The van der Waals surface area contributed by atoms with E-state index in [1.54, 1.807) is 17.9 Å². The van der Waals surface area contributed by atoms with Gasteiger partial charge in [-0.15, -0.1) is 0 Å². The number of carboxylic acids is 1. The fraction of sp³-hybridized carbons (Fsp3) is 0.583. The van der Waals surface area contributed by atoms with Crippen molar-refractivity contribution in [2.75, 3.05) is 13.1 Å². The number of aliphatic carboxylic acids is 1. The zero-order chi connectivity index (χ0) is 13.1. The van der Waals surface area contributed by atoms with Gasteiger partial charge in [0, 0.05) is 25.6 Å². The summed E-state index contributed by atoms with van der Waals surface area (Å²) in [5.41, 5.74) is 0.681. The minimum atomic E-state index is -0.786. The van der Waals surface area contributed by atoms with Crippen LogP contribution in [-0.2, 0) is 4.79 Å². The van der Waals surface area contributed by atoms with Gasteiger partial charge in [-0.3, -0.25) is 9.59 Å². The van der Waals surface area contributed by atoms with Gasteiger partial charge in [0.1, 0.15) is 0 Å². The van der Waals surface area contributed by atoms with Gasteiger partial charge in [-0.25, -0.2) is 0 Å². The highest BCUT2D eigenvalue weighted by molar-refractivity contribution is 5.91. The van der Waals surface area contributed by atoms with Crippen LogP contribution in [0.25, 0.3) is 0 Å². The van der Waals surface area contributed by atoms with Gasteiger partial charge in [-0.1, -0.05) is 5.16 Å². The molecule has 1 aliphatic heterocycles. The molecule has 98 valence electrons. The van der Waals surface area contributed by atoms with Gasteiger partial charge >= 0.3 is 5.97 Å². The van der Waals surface area contributed by atoms with E-state index in [1.807, 2.05) is 0 Å². The first-order valence-corrected chi connectivity index (χ1v) is 6.00. The number of hydrogen-bond donors (Lipinski definition) is 1. The number of aryl methyl sites for hydroxylation is 1. The van der Waals surface area contributed by atoms with E-state index in [4.69, 9.17) is 9.63 Å². The van der Waals surface area contributed by atoms with E-state index in [-0.39, 0.29) is 24.0 Å². The SMILES string of the molecule is Cc1cc(C(=O)N2CCC(CCC(=O)O)C2)on1. The summed E-state index contributed by atoms with van der Waals surface area (Å²) in [5, 5.41) is 12.3. The molecule has 6 nitrogen and oxygen atoms in total. The number of nitrogens with zero attached hydrogens (tertiary/aromatic N) is 2. The maximum atomic E-state index is 12.0. The van der Waals surface area contributed by atoms with Crippen molar-refractivity contribution in [3.63, 3.8) is 0 Å². The van der Waals surface area contributed by atoms with E-state index in [0.717, 1.165) is 6.42 Å². The Kier molecular flexibility index (Phi) is 3.64. The van der Waals surface area contributed by atoms with Crippen molar-refractivity contribution in [3.05, 3.63) is 17.5 Å². The number of carbonyl (C=O) groups excluding carboxylic acids is 1. The molecule has 0 bridgehead atoms. The Balaban J connectivity index is 1.88. The van der Waals surface area contributed by atoms with Crippen molar-refractivity contribution >= 4 is 11.9 Å². The summed E-state index contributed by atoms with van der Waals surface area (Å²) in [6, 6.07) is 1.62. The van der Waals surface area contributed by atoms with Gasteiger partial charge in [0.2, 0.25) is 5.76 Å². The minimum Gasteiger partial charge on any atom is -0.481 e. The molecule has 1 fully saturated rings. The number of carboxylic acid groups (broad SMARTS) is 1. The van der Waals surface area contributed by atoms with Crippen LogP contribution in [0.5, 0.6) is 0 Å². The molecule has 1 aromatic heterocycles. The van der Waals surface area contributed by atoms with Crippen molar-refractivity contribution in [3.8, 4) is 0 Å². The normalized spacial score (nSPS) is 19.2. The summed E-state index contributed by atoms with van der Waals surface area (Å²) in [6.07, 6.45) is 1.63. The lowest BCUT2D eigenvalue weighted by Gasteiger charge is -2.14. The first kappa shape index (κ1) is 12.6. The van der Waals surface area contributed by atoms with Crippen LogP contribution >= 0.6 is 0 Å². The Labute approximate surface area is 105 Å². The van der Waals surface area contributed by atoms with E-state index in [2.05, 4.69) is 5.16 Å². The highest BCUT2D eigenvalue weighted by Gasteiger charge is 2.28. The Morgan fingerprint density at radius 1 is 1.61 bits per heavy atom. The van der Waals surface area contributed by atoms with E-state index in [1.165, 1.54) is 0 Å². The molecule has 1 atom stereocenters. The van der Waals surface area contributed by atoms with Gasteiger partial charge in [0.15, 0.2) is 0 Å². The highest BCUT2D eigenvalue weighted by Crippen LogP contribution is 2.22. The predicted molar refractivity (Wildman–Crippen MR) is 62.1 cm³/mol. The van der Waals surface area contributed by atoms with E-state index >= 15 is 0 Å². The van der Waals surface area contributed by atoms with E-state index < -0.39 is 5.97 Å². The molecule has 0 spiro atoms. The standard InChI is InChI=1S/C12H16N2O4/c1-8-6-10(18-13-8)12(17)14-5-4-9(7-14)2-3-11(15)16/h6,9H,2-5,7H2,1H3,(H,15,16). The molecule has 0 radical (unpaired) electrons. The van der Waals surface area contributed by atoms with Crippen LogP contribution in [0.15, 0.2) is 10.6 Å². The lowest BCUT2D eigenvalue weighted by Crippen LogP contribution is -2.28. The molecule has 1 N–H and O–H groups in total. The molecular formula is C12H16N2O4. The van der Waals surface area contributed by atoms with E-state index in [9.17, 15) is 9.59 Å². The third-order valence-corrected chi connectivity index (χ3v) is 3.18. The van der Waals surface area contributed by atoms with Crippen LogP contribution in [-0.4, -0.2) is 40.1 Å². The van der Waals surface area contributed by atoms with Crippen molar-refractivity contribution in [1.29, 1.82) is 0 Å². The summed E-state index contributed by atoms with van der Waals surface area (Å²) in [6.45, 7) is 3.02. The summed E-state index contributed by atoms with van der Waals surface area (Å²) in [7, 11) is 0. The molecular weight excluding hydrogens is 236 g/mol. The first-order valence-electron chi connectivity index (χ1n) is 6.00. The second kappa shape index (κ2) is 5.20. The lowest BCUT2D eigenvalue weighted by atomic mass is 10.0. The van der Waals surface area contributed by atoms with Crippen molar-refractivity contribution in [2.45, 2.75) is 26.2 Å². The fourth-order valence-electron chi connectivity index (χ4n) is 2.20. The second-order valence-corrected chi connectivity index (χ2v) is 4.67. The maximum Gasteiger partial charge on any atom is 0.303 e. The van der Waals surface area contributed by atoms with Crippen LogP contribution < -0.4 is 0 Å². The van der Waals surface area contributed by atoms with Crippen molar-refractivity contribution < 1.29 is 19.2 Å². The van der Waals surface area contributed by atoms with Gasteiger partial charge in [0.05, 0.1) is 5.69 Å². The van der Waals surface area contributed by atoms with Gasteiger partial charge < -0.3 is 14.5 Å². The zero-order valence-corrected chi connectivity index (χ0v) is 10.3. The number of hydrogen-bond acceptors (Lipinski definition) is 4. The molecule has 1 unspecified atom stereocenters. The van der Waals surface area contributed by atoms with Gasteiger partial charge in [-0.2, -0.15) is 0 Å². The molecule has 1 amide bonds. The van der Waals surface area contributed by atoms with Crippen LogP contribution in [0.4, 0.5) is 0 Å². The fourth-order valence-corrected chi connectivity index (χ4v) is 2.20. The summed E-state index contributed by atoms with van der Waals surface area (Å²) >= 11 is 0. The summed E-state index contributed by atoms with van der Waals surface area (Å²) < 4.78 is 4.94. The first-order chi connectivity index (χ1) is 8.56. The van der Waals surface area contributed by atoms with Gasteiger partial charge in [-0.05, 0) is 25.7 Å². The quantitative estimate of drug-likeness (QED) is 0.873. The molecule has 1 saturated heterocycles. The largest absolute Gasteiger partial charge is 0.481 e. The van der Waals surface area contributed by atoms with E-state index in [0.29, 0.717) is 25.2 Å². The molecule has 0 aliphatic carbocycles. The molecule has 0 saturated carbocycles. The summed E-state index contributed by atoms with van der Waals surface area (Å²) in [4.78, 5) is 24.2. The zero-order valence-electron chi connectivity index (χ0n) is 10.3. The Morgan fingerprint density at radius 3 is 3.00 bits per heavy atom. The number of rotatable bonds is 4. The molecule has 2 heterocycles. The van der Waals surface area contributed by atoms with Crippen molar-refractivity contribution in [2.24, 2.45) is 5.92 Å². The third kappa shape index (κ3) is 2.88. The molecule has 2 rings (SSSR count). The minimum absolute atomic E-state index is 0.159. The highest BCUT2D eigenvalue weighted by atomic mass is 16.5. The second-order valence-electron chi connectivity index (χ2n) is 4.67. The van der Waals surface area contributed by atoms with Crippen molar-refractivity contribution in [1.82, 2.24) is 10.1 Å². The number of carbonyl (C=O) groups is 2. The Morgan fingerprint density at radius 2 is 2.39 bits per heavy atom. The smallest absolute Gasteiger partial charge is 0.303 e. The molecule has 0 aromatic carbocycles. The molecule has 6 heteroatoms. The number of likely N-dealkylation sites (tertiary alicyclic amines) is 1. The number of aromatic nitrogens is 1. The van der Waals surface area contributed by atoms with Crippen LogP contribution in [0.3, 0.4) is 0 Å². The predicted octanol–water partition coefficient (Wildman–Crippen LogP) is 1.31. The topological polar surface area (TPSA) is 83.6 Å². The van der Waals surface area contributed by atoms with Gasteiger partial charge in [0.25, 0.3) is 5.91 Å². The molecule has 18 heavy (non-hydrogen) atoms. The maximum absolute atomic E-state index is 12.0. The van der Waals surface area contributed by atoms with Crippen LogP contribution in [0, 0.1) is 12.8 Å². The van der Waals surface area contributed by atoms with Crippen LogP contribution in [0.1, 0.15) is 35.5 Å². The lowest BCUT2D eigenvalue weighted by molar-refractivity contribution is -0.137. The average molecular weight is 252 g/mol. The number of amides is 1. The molecule has 1 aromatic rings. The summed E-state index contributed by atoms with van der Waals surface area (Å²) in [5.74, 6) is -0.417.